The third kappa shape index (κ3) is 3.21. The van der Waals surface area contributed by atoms with Crippen LogP contribution in [-0.2, 0) is 16.8 Å². The Morgan fingerprint density at radius 1 is 1.36 bits per heavy atom. The number of rotatable bonds is 3. The molecule has 0 heterocycles. The lowest BCUT2D eigenvalue weighted by Gasteiger charge is -2.17. The van der Waals surface area contributed by atoms with Crippen molar-refractivity contribution < 1.29 is 9.90 Å². The second-order valence-corrected chi connectivity index (χ2v) is 4.54. The van der Waals surface area contributed by atoms with Gasteiger partial charge in [0, 0.05) is 6.42 Å². The maximum absolute atomic E-state index is 10.8. The molecule has 0 fully saturated rings. The Bertz CT molecular complexity index is 322. The Morgan fingerprint density at radius 3 is 2.21 bits per heavy atom. The maximum Gasteiger partial charge on any atom is 0.152 e. The van der Waals surface area contributed by atoms with E-state index < -0.39 is 5.60 Å². The minimum absolute atomic E-state index is 0.0704. The molecule has 0 radical (unpaired) electrons. The van der Waals surface area contributed by atoms with Crippen LogP contribution in [0.1, 0.15) is 25.0 Å². The van der Waals surface area contributed by atoms with Gasteiger partial charge in [-0.2, -0.15) is 0 Å². The first-order valence-corrected chi connectivity index (χ1v) is 5.07. The van der Waals surface area contributed by atoms with Crippen LogP contribution >= 0.6 is 9.24 Å². The van der Waals surface area contributed by atoms with E-state index in [-0.39, 0.29) is 5.52 Å². The first-order chi connectivity index (χ1) is 6.39. The van der Waals surface area contributed by atoms with E-state index in [2.05, 4.69) is 9.24 Å². The van der Waals surface area contributed by atoms with Crippen LogP contribution in [0.5, 0.6) is 0 Å². The second kappa shape index (κ2) is 4.20. The first kappa shape index (κ1) is 11.4. The summed E-state index contributed by atoms with van der Waals surface area (Å²) in [4.78, 5) is 10.8. The quantitative estimate of drug-likeness (QED) is 0.773. The van der Waals surface area contributed by atoms with Crippen molar-refractivity contribution in [3.63, 3.8) is 0 Å². The van der Waals surface area contributed by atoms with Crippen molar-refractivity contribution in [2.45, 2.75) is 25.9 Å². The van der Waals surface area contributed by atoms with E-state index in [4.69, 9.17) is 0 Å². The molecular formula is C11H15O2P. The zero-order valence-corrected chi connectivity index (χ0v) is 9.60. The van der Waals surface area contributed by atoms with Gasteiger partial charge < -0.3 is 5.11 Å². The highest BCUT2D eigenvalue weighted by Gasteiger charge is 2.14. The molecule has 0 aliphatic rings. The predicted molar refractivity (Wildman–Crippen MR) is 60.1 cm³/mol. The summed E-state index contributed by atoms with van der Waals surface area (Å²) in [5, 5.41) is 9.69. The van der Waals surface area contributed by atoms with E-state index in [1.165, 1.54) is 0 Å². The Labute approximate surface area is 86.5 Å². The molecule has 1 N–H and O–H groups in total. The molecule has 1 atom stereocenters. The van der Waals surface area contributed by atoms with Gasteiger partial charge in [0.1, 0.15) is 0 Å². The lowest BCUT2D eigenvalue weighted by molar-refractivity contribution is -0.110. The van der Waals surface area contributed by atoms with E-state index in [0.717, 1.165) is 11.1 Å². The largest absolute Gasteiger partial charge is 0.386 e. The molecule has 1 unspecified atom stereocenters. The van der Waals surface area contributed by atoms with Crippen molar-refractivity contribution in [3.8, 4) is 0 Å². The van der Waals surface area contributed by atoms with Crippen molar-refractivity contribution in [1.82, 2.24) is 0 Å². The Hall–Kier alpha value is -0.720. The van der Waals surface area contributed by atoms with Crippen molar-refractivity contribution in [1.29, 1.82) is 0 Å². The van der Waals surface area contributed by atoms with Gasteiger partial charge in [0.2, 0.25) is 0 Å². The number of aliphatic hydroxyl groups is 1. The van der Waals surface area contributed by atoms with Gasteiger partial charge in [0.15, 0.2) is 5.52 Å². The van der Waals surface area contributed by atoms with Gasteiger partial charge in [-0.15, -0.1) is 0 Å². The number of carbonyl (C=O) groups is 1. The highest BCUT2D eigenvalue weighted by atomic mass is 31.0. The molecule has 0 spiro atoms. The van der Waals surface area contributed by atoms with Crippen LogP contribution in [0.2, 0.25) is 0 Å². The zero-order valence-electron chi connectivity index (χ0n) is 8.45. The minimum atomic E-state index is -0.816. The van der Waals surface area contributed by atoms with Crippen LogP contribution in [0.25, 0.3) is 0 Å². The fourth-order valence-electron chi connectivity index (χ4n) is 1.23. The summed E-state index contributed by atoms with van der Waals surface area (Å²) in [6, 6.07) is 7.44. The fraction of sp³-hybridized carbons (Fsp3) is 0.364. The Morgan fingerprint density at radius 2 is 1.86 bits per heavy atom. The van der Waals surface area contributed by atoms with E-state index in [0.29, 0.717) is 6.42 Å². The van der Waals surface area contributed by atoms with Crippen molar-refractivity contribution in [3.05, 3.63) is 35.4 Å². The molecule has 76 valence electrons. The van der Waals surface area contributed by atoms with Crippen LogP contribution in [0.3, 0.4) is 0 Å². The molecular weight excluding hydrogens is 195 g/mol. The molecule has 0 aromatic heterocycles. The van der Waals surface area contributed by atoms with Crippen LogP contribution in [-0.4, -0.2) is 10.6 Å². The molecule has 0 aliphatic heterocycles. The number of hydrogen-bond acceptors (Lipinski definition) is 2. The molecule has 3 heteroatoms. The monoisotopic (exact) mass is 210 g/mol. The van der Waals surface area contributed by atoms with Gasteiger partial charge in [-0.05, 0) is 25.0 Å². The van der Waals surface area contributed by atoms with Gasteiger partial charge in [0.25, 0.3) is 0 Å². The molecule has 1 aromatic rings. The highest BCUT2D eigenvalue weighted by molar-refractivity contribution is 7.40. The Kier molecular flexibility index (Phi) is 3.41. The van der Waals surface area contributed by atoms with Gasteiger partial charge in [0.05, 0.1) is 5.60 Å². The number of hydrogen-bond donors (Lipinski definition) is 1. The van der Waals surface area contributed by atoms with Gasteiger partial charge in [-0.25, -0.2) is 0 Å². The van der Waals surface area contributed by atoms with Gasteiger partial charge in [-0.3, -0.25) is 4.79 Å². The standard InChI is InChI=1S/C11H15O2P/c1-11(2,13)9-5-3-8(4-6-9)7-10(12)14/h3-6,13H,7,14H2,1-2H3. The van der Waals surface area contributed by atoms with Crippen LogP contribution < -0.4 is 0 Å². The summed E-state index contributed by atoms with van der Waals surface area (Å²) in [5.41, 5.74) is 1.08. The summed E-state index contributed by atoms with van der Waals surface area (Å²) in [6.45, 7) is 3.48. The van der Waals surface area contributed by atoms with E-state index in [1.807, 2.05) is 24.3 Å². The fourth-order valence-corrected chi connectivity index (χ4v) is 1.47. The van der Waals surface area contributed by atoms with Crippen LogP contribution in [0.15, 0.2) is 24.3 Å². The average Bonchev–Trinajstić information content (AvgIpc) is 2.02. The maximum atomic E-state index is 10.8. The molecule has 1 aromatic carbocycles. The highest BCUT2D eigenvalue weighted by Crippen LogP contribution is 2.19. The summed E-state index contributed by atoms with van der Waals surface area (Å²) >= 11 is 0. The molecule has 1 rings (SSSR count). The van der Waals surface area contributed by atoms with Gasteiger partial charge in [-0.1, -0.05) is 33.5 Å². The zero-order chi connectivity index (χ0) is 10.8. The van der Waals surface area contributed by atoms with E-state index >= 15 is 0 Å². The molecule has 0 saturated carbocycles. The molecule has 0 saturated heterocycles. The predicted octanol–water partition coefficient (Wildman–Crippen LogP) is 1.86. The summed E-state index contributed by atoms with van der Waals surface area (Å²) in [6.07, 6.45) is 0.427. The SMILES string of the molecule is CC(C)(O)c1ccc(CC(=O)P)cc1. The second-order valence-electron chi connectivity index (χ2n) is 3.90. The number of benzene rings is 1. The molecule has 0 amide bonds. The van der Waals surface area contributed by atoms with Crippen molar-refractivity contribution >= 4 is 14.8 Å². The van der Waals surface area contributed by atoms with Crippen LogP contribution in [0.4, 0.5) is 0 Å². The topological polar surface area (TPSA) is 37.3 Å². The lowest BCUT2D eigenvalue weighted by atomic mass is 9.97. The summed E-state index contributed by atoms with van der Waals surface area (Å²) < 4.78 is 0. The Balaban J connectivity index is 2.84. The lowest BCUT2D eigenvalue weighted by Crippen LogP contribution is -2.15. The number of carbonyl (C=O) groups excluding carboxylic acids is 1. The normalized spacial score (nSPS) is 11.4. The summed E-state index contributed by atoms with van der Waals surface area (Å²) in [5.74, 6) is 0. The van der Waals surface area contributed by atoms with Gasteiger partial charge >= 0.3 is 0 Å². The average molecular weight is 210 g/mol. The smallest absolute Gasteiger partial charge is 0.152 e. The first-order valence-electron chi connectivity index (χ1n) is 4.49. The van der Waals surface area contributed by atoms with Crippen molar-refractivity contribution in [2.75, 3.05) is 0 Å². The van der Waals surface area contributed by atoms with Crippen molar-refractivity contribution in [2.24, 2.45) is 0 Å². The third-order valence-electron chi connectivity index (χ3n) is 2.04. The molecule has 0 bridgehead atoms. The molecule has 2 nitrogen and oxygen atoms in total. The third-order valence-corrected chi connectivity index (χ3v) is 2.24. The molecule has 14 heavy (non-hydrogen) atoms. The molecule has 0 aliphatic carbocycles. The summed E-state index contributed by atoms with van der Waals surface area (Å²) in [7, 11) is 2.15. The van der Waals surface area contributed by atoms with E-state index in [9.17, 15) is 9.90 Å². The van der Waals surface area contributed by atoms with Crippen LogP contribution in [0, 0.1) is 0 Å². The van der Waals surface area contributed by atoms with E-state index in [1.54, 1.807) is 13.8 Å². The minimum Gasteiger partial charge on any atom is -0.386 e.